The van der Waals surface area contributed by atoms with Gasteiger partial charge in [0, 0.05) is 11.8 Å². The normalized spacial score (nSPS) is 13.4. The second-order valence-corrected chi connectivity index (χ2v) is 6.73. The second-order valence-electron chi connectivity index (χ2n) is 4.17. The van der Waals surface area contributed by atoms with Crippen LogP contribution in [0.3, 0.4) is 0 Å². The van der Waals surface area contributed by atoms with Gasteiger partial charge in [0.2, 0.25) is 10.0 Å². The van der Waals surface area contributed by atoms with E-state index in [1.54, 1.807) is 5.38 Å². The Bertz CT molecular complexity index is 638. The van der Waals surface area contributed by atoms with E-state index in [9.17, 15) is 13.5 Å². The van der Waals surface area contributed by atoms with Gasteiger partial charge in [0.1, 0.15) is 10.8 Å². The van der Waals surface area contributed by atoms with E-state index < -0.39 is 16.1 Å². The van der Waals surface area contributed by atoms with Crippen LogP contribution in [0.25, 0.3) is 0 Å². The molecule has 0 amide bonds. The Morgan fingerprint density at radius 3 is 2.63 bits per heavy atom. The van der Waals surface area contributed by atoms with Crippen LogP contribution in [-0.2, 0) is 22.2 Å². The second kappa shape index (κ2) is 5.79. The molecule has 0 saturated heterocycles. The summed E-state index contributed by atoms with van der Waals surface area (Å²) in [5.74, 6) is -0.265. The van der Waals surface area contributed by atoms with Gasteiger partial charge in [-0.25, -0.2) is 18.5 Å². The van der Waals surface area contributed by atoms with Crippen molar-refractivity contribution in [3.8, 4) is 0 Å². The van der Waals surface area contributed by atoms with Crippen LogP contribution in [-0.4, -0.2) is 18.5 Å². The number of aliphatic hydroxyl groups is 1. The van der Waals surface area contributed by atoms with Crippen molar-refractivity contribution < 1.29 is 13.5 Å². The third-order valence-electron chi connectivity index (χ3n) is 2.51. The highest BCUT2D eigenvalue weighted by atomic mass is 32.2. The van der Waals surface area contributed by atoms with Crippen LogP contribution in [0, 0.1) is 0 Å². The van der Waals surface area contributed by atoms with Gasteiger partial charge in [-0.3, -0.25) is 0 Å². The molecular formula is C12H14N2O3S2. The molecule has 3 N–H and O–H groups in total. The van der Waals surface area contributed by atoms with E-state index in [0.717, 1.165) is 5.56 Å². The van der Waals surface area contributed by atoms with Crippen LogP contribution in [0.1, 0.15) is 22.4 Å². The lowest BCUT2D eigenvalue weighted by Gasteiger charge is -2.08. The number of rotatable bonds is 5. The molecule has 1 atom stereocenters. The average Bonchev–Trinajstić information content (AvgIpc) is 2.75. The van der Waals surface area contributed by atoms with Crippen molar-refractivity contribution >= 4 is 21.4 Å². The lowest BCUT2D eigenvalue weighted by molar-refractivity contribution is 0.177. The summed E-state index contributed by atoms with van der Waals surface area (Å²) in [7, 11) is -3.56. The van der Waals surface area contributed by atoms with Crippen molar-refractivity contribution in [2.75, 3.05) is 0 Å². The summed E-state index contributed by atoms with van der Waals surface area (Å²) in [4.78, 5) is 4.16. The van der Waals surface area contributed by atoms with Crippen molar-refractivity contribution in [1.29, 1.82) is 0 Å². The van der Waals surface area contributed by atoms with Crippen LogP contribution < -0.4 is 5.14 Å². The number of aliphatic hydroxyl groups excluding tert-OH is 1. The highest BCUT2D eigenvalue weighted by molar-refractivity contribution is 7.88. The summed E-state index contributed by atoms with van der Waals surface area (Å²) < 4.78 is 21.9. The fourth-order valence-electron chi connectivity index (χ4n) is 1.67. The van der Waals surface area contributed by atoms with E-state index in [4.69, 9.17) is 5.14 Å². The van der Waals surface area contributed by atoms with Gasteiger partial charge in [-0.05, 0) is 5.56 Å². The molecule has 0 radical (unpaired) electrons. The number of aromatic nitrogens is 1. The largest absolute Gasteiger partial charge is 0.388 e. The van der Waals surface area contributed by atoms with Crippen molar-refractivity contribution in [3.63, 3.8) is 0 Å². The summed E-state index contributed by atoms with van der Waals surface area (Å²) in [6, 6.07) is 9.26. The number of hydrogen-bond acceptors (Lipinski definition) is 5. The van der Waals surface area contributed by atoms with Gasteiger partial charge in [-0.2, -0.15) is 0 Å². The smallest absolute Gasteiger partial charge is 0.215 e. The average molecular weight is 298 g/mol. The van der Waals surface area contributed by atoms with Gasteiger partial charge < -0.3 is 5.11 Å². The minimum Gasteiger partial charge on any atom is -0.388 e. The van der Waals surface area contributed by atoms with Gasteiger partial charge in [0.05, 0.1) is 11.8 Å². The summed E-state index contributed by atoms with van der Waals surface area (Å²) >= 11 is 1.23. The number of thiazole rings is 1. The first kappa shape index (κ1) is 14.1. The van der Waals surface area contributed by atoms with Crippen molar-refractivity contribution in [3.05, 3.63) is 52.0 Å². The molecule has 1 aromatic carbocycles. The maximum absolute atomic E-state index is 10.9. The van der Waals surface area contributed by atoms with E-state index in [1.807, 2.05) is 30.3 Å². The zero-order valence-electron chi connectivity index (χ0n) is 10.1. The maximum atomic E-state index is 10.9. The number of nitrogens with two attached hydrogens (primary N) is 1. The van der Waals surface area contributed by atoms with Crippen molar-refractivity contribution in [2.45, 2.75) is 18.3 Å². The molecule has 19 heavy (non-hydrogen) atoms. The van der Waals surface area contributed by atoms with Gasteiger partial charge >= 0.3 is 0 Å². The number of benzene rings is 1. The Labute approximate surface area is 115 Å². The third-order valence-corrected chi connectivity index (χ3v) is 4.27. The van der Waals surface area contributed by atoms with Gasteiger partial charge in [-0.15, -0.1) is 11.3 Å². The molecule has 0 aliphatic rings. The summed E-state index contributed by atoms with van der Waals surface area (Å²) in [5, 5.41) is 17.2. The Kier molecular flexibility index (Phi) is 4.31. The lowest BCUT2D eigenvalue weighted by Crippen LogP contribution is -2.14. The summed E-state index contributed by atoms with van der Waals surface area (Å²) in [6.45, 7) is 0. The Morgan fingerprint density at radius 2 is 2.00 bits per heavy atom. The lowest BCUT2D eigenvalue weighted by atomic mass is 10.1. The summed E-state index contributed by atoms with van der Waals surface area (Å²) in [6.07, 6.45) is -0.295. The van der Waals surface area contributed by atoms with Crippen LogP contribution in [0.2, 0.25) is 0 Å². The monoisotopic (exact) mass is 298 g/mol. The fourth-order valence-corrected chi connectivity index (χ4v) is 3.44. The predicted molar refractivity (Wildman–Crippen MR) is 74.0 cm³/mol. The Hall–Kier alpha value is -1.28. The molecule has 0 saturated carbocycles. The molecule has 2 aromatic rings. The molecule has 2 rings (SSSR count). The molecule has 102 valence electrons. The zero-order valence-corrected chi connectivity index (χ0v) is 11.7. The highest BCUT2D eigenvalue weighted by Gasteiger charge is 2.13. The number of nitrogens with zero attached hydrogens (tertiary/aromatic N) is 1. The van der Waals surface area contributed by atoms with E-state index in [2.05, 4.69) is 4.98 Å². The van der Waals surface area contributed by atoms with Crippen LogP contribution in [0.4, 0.5) is 0 Å². The SMILES string of the molecule is NS(=O)(=O)Cc1nc(CC(O)c2ccccc2)cs1. The van der Waals surface area contributed by atoms with Crippen LogP contribution in [0.15, 0.2) is 35.7 Å². The molecule has 0 spiro atoms. The number of primary sulfonamides is 1. The maximum Gasteiger partial charge on any atom is 0.215 e. The first-order chi connectivity index (χ1) is 8.94. The Balaban J connectivity index is 2.04. The molecule has 1 heterocycles. The molecule has 5 nitrogen and oxygen atoms in total. The predicted octanol–water partition coefficient (Wildman–Crippen LogP) is 1.21. The van der Waals surface area contributed by atoms with Gasteiger partial charge in [0.15, 0.2) is 0 Å². The van der Waals surface area contributed by atoms with Crippen LogP contribution >= 0.6 is 11.3 Å². The van der Waals surface area contributed by atoms with E-state index in [1.165, 1.54) is 11.3 Å². The minimum atomic E-state index is -3.56. The minimum absolute atomic E-state index is 0.265. The van der Waals surface area contributed by atoms with Gasteiger partial charge in [0.25, 0.3) is 0 Å². The Morgan fingerprint density at radius 1 is 1.32 bits per heavy atom. The van der Waals surface area contributed by atoms with Crippen LogP contribution in [0.5, 0.6) is 0 Å². The standard InChI is InChI=1S/C12H14N2O3S2/c13-19(16,17)8-12-14-10(7-18-12)6-11(15)9-4-2-1-3-5-9/h1-5,7,11,15H,6,8H2,(H2,13,16,17). The summed E-state index contributed by atoms with van der Waals surface area (Å²) in [5.41, 5.74) is 1.48. The molecule has 7 heteroatoms. The van der Waals surface area contributed by atoms with E-state index in [-0.39, 0.29) is 5.75 Å². The van der Waals surface area contributed by atoms with Crippen molar-refractivity contribution in [2.24, 2.45) is 5.14 Å². The van der Waals surface area contributed by atoms with Crippen molar-refractivity contribution in [1.82, 2.24) is 4.98 Å². The molecule has 1 unspecified atom stereocenters. The molecule has 0 fully saturated rings. The molecule has 0 aliphatic carbocycles. The third kappa shape index (κ3) is 4.39. The first-order valence-electron chi connectivity index (χ1n) is 5.61. The fraction of sp³-hybridized carbons (Fsp3) is 0.250. The highest BCUT2D eigenvalue weighted by Crippen LogP contribution is 2.20. The zero-order chi connectivity index (χ0) is 13.9. The van der Waals surface area contributed by atoms with E-state index >= 15 is 0 Å². The number of hydrogen-bond donors (Lipinski definition) is 2. The topological polar surface area (TPSA) is 93.3 Å². The van der Waals surface area contributed by atoms with E-state index in [0.29, 0.717) is 17.1 Å². The van der Waals surface area contributed by atoms with Gasteiger partial charge in [-0.1, -0.05) is 30.3 Å². The molecule has 0 aliphatic heterocycles. The first-order valence-corrected chi connectivity index (χ1v) is 8.20. The quantitative estimate of drug-likeness (QED) is 0.867. The molecule has 1 aromatic heterocycles. The number of sulfonamides is 1. The molecule has 0 bridgehead atoms. The molecular weight excluding hydrogens is 284 g/mol.